The lowest BCUT2D eigenvalue weighted by Crippen LogP contribution is -2.36. The number of piperidine rings is 1. The average molecular weight is 412 g/mol. The zero-order valence-corrected chi connectivity index (χ0v) is 18.3. The Kier molecular flexibility index (Phi) is 6.20. The maximum atomic E-state index is 11.1. The molecule has 0 aromatic heterocycles. The predicted molar refractivity (Wildman–Crippen MR) is 128 cm³/mol. The number of fused-ring (bicyclic) bond motifs is 1. The molecule has 0 radical (unpaired) electrons. The molecular formula is C29H33NO. The van der Waals surface area contributed by atoms with Gasteiger partial charge in [-0.1, -0.05) is 78.9 Å². The normalized spacial score (nSPS) is 22.6. The van der Waals surface area contributed by atoms with Crippen molar-refractivity contribution < 1.29 is 5.11 Å². The number of rotatable bonds is 4. The van der Waals surface area contributed by atoms with Gasteiger partial charge in [0.05, 0.1) is 6.10 Å². The summed E-state index contributed by atoms with van der Waals surface area (Å²) in [5.41, 5.74) is 6.54. The number of likely N-dealkylation sites (tertiary alicyclic amines) is 1. The van der Waals surface area contributed by atoms with E-state index in [0.29, 0.717) is 11.8 Å². The van der Waals surface area contributed by atoms with Crippen molar-refractivity contribution in [2.45, 2.75) is 44.1 Å². The van der Waals surface area contributed by atoms with Gasteiger partial charge in [0.1, 0.15) is 0 Å². The summed E-state index contributed by atoms with van der Waals surface area (Å²) in [7, 11) is 0. The number of benzene rings is 3. The lowest BCUT2D eigenvalue weighted by molar-refractivity contribution is 0.117. The smallest absolute Gasteiger partial charge is 0.0796 e. The molecule has 0 saturated carbocycles. The molecule has 1 saturated heterocycles. The van der Waals surface area contributed by atoms with Crippen molar-refractivity contribution in [2.24, 2.45) is 5.92 Å². The van der Waals surface area contributed by atoms with Gasteiger partial charge >= 0.3 is 0 Å². The molecule has 1 aliphatic carbocycles. The fraction of sp³-hybridized carbons (Fsp3) is 0.379. The number of hydrogen-bond acceptors (Lipinski definition) is 2. The van der Waals surface area contributed by atoms with Crippen LogP contribution in [0.4, 0.5) is 0 Å². The van der Waals surface area contributed by atoms with E-state index in [-0.39, 0.29) is 6.10 Å². The Balaban J connectivity index is 1.24. The first kappa shape index (κ1) is 20.5. The van der Waals surface area contributed by atoms with Gasteiger partial charge in [-0.25, -0.2) is 0 Å². The van der Waals surface area contributed by atoms with Crippen molar-refractivity contribution >= 4 is 0 Å². The third-order valence-electron chi connectivity index (χ3n) is 7.39. The summed E-state index contributed by atoms with van der Waals surface area (Å²) in [6, 6.07) is 28.1. The monoisotopic (exact) mass is 411 g/mol. The molecule has 5 rings (SSSR count). The van der Waals surface area contributed by atoms with Crippen LogP contribution in [-0.2, 0) is 6.42 Å². The molecule has 1 heterocycles. The molecule has 2 nitrogen and oxygen atoms in total. The molecule has 0 unspecified atom stereocenters. The van der Waals surface area contributed by atoms with E-state index in [2.05, 4.69) is 83.8 Å². The van der Waals surface area contributed by atoms with Crippen LogP contribution in [0, 0.1) is 5.92 Å². The van der Waals surface area contributed by atoms with Crippen LogP contribution in [0.5, 0.6) is 0 Å². The van der Waals surface area contributed by atoms with E-state index in [9.17, 15) is 5.11 Å². The van der Waals surface area contributed by atoms with Gasteiger partial charge < -0.3 is 10.0 Å². The summed E-state index contributed by atoms with van der Waals surface area (Å²) in [6.07, 6.45) is 5.24. The van der Waals surface area contributed by atoms with Gasteiger partial charge in [-0.05, 0) is 84.8 Å². The minimum absolute atomic E-state index is 0.354. The Morgan fingerprint density at radius 3 is 2.23 bits per heavy atom. The molecule has 2 heteroatoms. The van der Waals surface area contributed by atoms with Crippen LogP contribution >= 0.6 is 0 Å². The molecule has 3 aromatic rings. The second kappa shape index (κ2) is 9.38. The zero-order valence-electron chi connectivity index (χ0n) is 18.3. The highest BCUT2D eigenvalue weighted by Crippen LogP contribution is 2.38. The van der Waals surface area contributed by atoms with E-state index < -0.39 is 0 Å². The molecule has 2 aliphatic rings. The molecule has 2 atom stereocenters. The summed E-state index contributed by atoms with van der Waals surface area (Å²) >= 11 is 0. The summed E-state index contributed by atoms with van der Waals surface area (Å²) in [4.78, 5) is 2.64. The summed E-state index contributed by atoms with van der Waals surface area (Å²) in [6.45, 7) is 3.47. The van der Waals surface area contributed by atoms with Crippen LogP contribution < -0.4 is 0 Å². The SMILES string of the molecule is O[C@@H]1C[C@H](CN2CCC(c3ccccc3)CC2)CCc2c(-c3ccccc3)cccc21. The topological polar surface area (TPSA) is 23.5 Å². The van der Waals surface area contributed by atoms with Gasteiger partial charge in [0, 0.05) is 6.54 Å². The van der Waals surface area contributed by atoms with Crippen LogP contribution in [0.1, 0.15) is 54.4 Å². The van der Waals surface area contributed by atoms with Crippen LogP contribution in [0.25, 0.3) is 11.1 Å². The number of hydrogen-bond donors (Lipinski definition) is 1. The van der Waals surface area contributed by atoms with Crippen LogP contribution in [0.3, 0.4) is 0 Å². The largest absolute Gasteiger partial charge is 0.388 e. The molecule has 1 fully saturated rings. The molecule has 31 heavy (non-hydrogen) atoms. The van der Waals surface area contributed by atoms with Gasteiger partial charge in [-0.3, -0.25) is 0 Å². The van der Waals surface area contributed by atoms with Gasteiger partial charge in [0.15, 0.2) is 0 Å². The van der Waals surface area contributed by atoms with Crippen LogP contribution in [0.15, 0.2) is 78.9 Å². The molecule has 0 spiro atoms. The second-order valence-corrected chi connectivity index (χ2v) is 9.38. The van der Waals surface area contributed by atoms with Crippen molar-refractivity contribution in [3.8, 4) is 11.1 Å². The fourth-order valence-electron chi connectivity index (χ4n) is 5.70. The first-order valence-corrected chi connectivity index (χ1v) is 11.9. The summed E-state index contributed by atoms with van der Waals surface area (Å²) in [5.74, 6) is 1.26. The van der Waals surface area contributed by atoms with Crippen molar-refractivity contribution in [2.75, 3.05) is 19.6 Å². The Labute approximate surface area is 186 Å². The number of nitrogens with zero attached hydrogens (tertiary/aromatic N) is 1. The third-order valence-corrected chi connectivity index (χ3v) is 7.39. The minimum Gasteiger partial charge on any atom is -0.388 e. The standard InChI is InChI=1S/C29H33NO/c31-29-20-22(21-30-18-16-24(17-19-30)23-8-3-1-4-9-23)14-15-27-26(12-7-13-28(27)29)25-10-5-2-6-11-25/h1-13,22,24,29,31H,14-21H2/t22-,29-/m1/s1. The predicted octanol–water partition coefficient (Wildman–Crippen LogP) is 6.22. The van der Waals surface area contributed by atoms with Gasteiger partial charge in [0.2, 0.25) is 0 Å². The van der Waals surface area contributed by atoms with Gasteiger partial charge in [-0.2, -0.15) is 0 Å². The molecule has 160 valence electrons. The van der Waals surface area contributed by atoms with Gasteiger partial charge in [-0.15, -0.1) is 0 Å². The number of aliphatic hydroxyl groups is 1. The third kappa shape index (κ3) is 4.61. The summed E-state index contributed by atoms with van der Waals surface area (Å²) < 4.78 is 0. The maximum absolute atomic E-state index is 11.1. The maximum Gasteiger partial charge on any atom is 0.0796 e. The second-order valence-electron chi connectivity index (χ2n) is 9.38. The molecule has 0 bridgehead atoms. The lowest BCUT2D eigenvalue weighted by atomic mass is 9.88. The molecule has 1 N–H and O–H groups in total. The van der Waals surface area contributed by atoms with E-state index in [0.717, 1.165) is 31.4 Å². The highest BCUT2D eigenvalue weighted by atomic mass is 16.3. The van der Waals surface area contributed by atoms with Crippen molar-refractivity contribution in [1.82, 2.24) is 4.90 Å². The Morgan fingerprint density at radius 2 is 1.48 bits per heavy atom. The number of aliphatic hydroxyl groups excluding tert-OH is 1. The molecule has 0 amide bonds. The molecule has 1 aliphatic heterocycles. The Bertz CT molecular complexity index is 976. The quantitative estimate of drug-likeness (QED) is 0.515. The van der Waals surface area contributed by atoms with E-state index in [1.807, 2.05) is 0 Å². The summed E-state index contributed by atoms with van der Waals surface area (Å²) in [5, 5.41) is 11.1. The average Bonchev–Trinajstić information content (AvgIpc) is 2.99. The van der Waals surface area contributed by atoms with E-state index >= 15 is 0 Å². The van der Waals surface area contributed by atoms with Crippen molar-refractivity contribution in [3.05, 3.63) is 95.6 Å². The van der Waals surface area contributed by atoms with E-state index in [1.54, 1.807) is 0 Å². The van der Waals surface area contributed by atoms with E-state index in [4.69, 9.17) is 0 Å². The highest BCUT2D eigenvalue weighted by Gasteiger charge is 2.28. The van der Waals surface area contributed by atoms with E-state index in [1.165, 1.54) is 48.2 Å². The van der Waals surface area contributed by atoms with Gasteiger partial charge in [0.25, 0.3) is 0 Å². The highest BCUT2D eigenvalue weighted by molar-refractivity contribution is 5.69. The fourth-order valence-corrected chi connectivity index (χ4v) is 5.70. The Hall–Kier alpha value is -2.42. The minimum atomic E-state index is -0.354. The van der Waals surface area contributed by atoms with Crippen molar-refractivity contribution in [1.29, 1.82) is 0 Å². The van der Waals surface area contributed by atoms with Crippen LogP contribution in [0.2, 0.25) is 0 Å². The lowest BCUT2D eigenvalue weighted by Gasteiger charge is -2.34. The Morgan fingerprint density at radius 1 is 0.774 bits per heavy atom. The first-order chi connectivity index (χ1) is 15.3. The molecular weight excluding hydrogens is 378 g/mol. The zero-order chi connectivity index (χ0) is 21.0. The van der Waals surface area contributed by atoms with Crippen molar-refractivity contribution in [3.63, 3.8) is 0 Å². The molecule has 3 aromatic carbocycles. The first-order valence-electron chi connectivity index (χ1n) is 11.9. The van der Waals surface area contributed by atoms with Crippen LogP contribution in [-0.4, -0.2) is 29.6 Å².